The van der Waals surface area contributed by atoms with Gasteiger partial charge in [0.05, 0.1) is 5.56 Å². The van der Waals surface area contributed by atoms with Crippen LogP contribution in [-0.4, -0.2) is 42.9 Å². The molecule has 1 aromatic carbocycles. The first-order valence-corrected chi connectivity index (χ1v) is 8.32. The lowest BCUT2D eigenvalue weighted by atomic mass is 10.2. The van der Waals surface area contributed by atoms with Crippen molar-refractivity contribution in [2.75, 3.05) is 32.0 Å². The monoisotopic (exact) mass is 295 g/mol. The number of thioether (sulfide) groups is 1. The van der Waals surface area contributed by atoms with E-state index < -0.39 is 0 Å². The van der Waals surface area contributed by atoms with E-state index in [9.17, 15) is 4.79 Å². The summed E-state index contributed by atoms with van der Waals surface area (Å²) in [5, 5.41) is 0. The number of carbonyl (C=O) groups is 1. The van der Waals surface area contributed by atoms with Crippen molar-refractivity contribution in [1.82, 2.24) is 4.90 Å². The molecule has 112 valence electrons. The van der Waals surface area contributed by atoms with Crippen LogP contribution in [-0.2, 0) is 4.74 Å². The Morgan fingerprint density at radius 3 is 2.65 bits per heavy atom. The molecule has 0 unspecified atom stereocenters. The van der Waals surface area contributed by atoms with Crippen LogP contribution in [0.2, 0.25) is 0 Å². The Kier molecular flexibility index (Phi) is 8.38. The van der Waals surface area contributed by atoms with Crippen LogP contribution in [0.15, 0.2) is 29.2 Å². The predicted octanol–water partition coefficient (Wildman–Crippen LogP) is 3.69. The van der Waals surface area contributed by atoms with Gasteiger partial charge in [0, 0.05) is 11.4 Å². The number of hydrogen-bond donors (Lipinski definition) is 0. The van der Waals surface area contributed by atoms with Gasteiger partial charge in [-0.2, -0.15) is 0 Å². The summed E-state index contributed by atoms with van der Waals surface area (Å²) in [6, 6.07) is 7.68. The van der Waals surface area contributed by atoms with Crippen LogP contribution in [0.1, 0.15) is 37.6 Å². The van der Waals surface area contributed by atoms with Crippen molar-refractivity contribution < 1.29 is 9.53 Å². The molecule has 0 aliphatic heterocycles. The molecular formula is C16H25NO2S. The summed E-state index contributed by atoms with van der Waals surface area (Å²) in [4.78, 5) is 15.3. The maximum Gasteiger partial charge on any atom is 0.338 e. The Morgan fingerprint density at radius 1 is 1.25 bits per heavy atom. The summed E-state index contributed by atoms with van der Waals surface area (Å²) in [5.74, 6) is 0.844. The van der Waals surface area contributed by atoms with E-state index >= 15 is 0 Å². The van der Waals surface area contributed by atoms with Crippen LogP contribution in [0, 0.1) is 0 Å². The van der Waals surface area contributed by atoms with Crippen molar-refractivity contribution in [2.24, 2.45) is 0 Å². The summed E-state index contributed by atoms with van der Waals surface area (Å²) in [6.45, 7) is 9.59. The van der Waals surface area contributed by atoms with Crippen LogP contribution < -0.4 is 0 Å². The van der Waals surface area contributed by atoms with Gasteiger partial charge in [-0.15, -0.1) is 11.8 Å². The fourth-order valence-corrected chi connectivity index (χ4v) is 2.65. The van der Waals surface area contributed by atoms with Gasteiger partial charge in [-0.05, 0) is 43.5 Å². The standard InChI is InChI=1S/C16H25NO2S/c1-4-12-20-15-9-7-8-14(13-15)16(18)19-11-10-17(5-2)6-3/h7-9,13H,4-6,10-12H2,1-3H3. The largest absolute Gasteiger partial charge is 0.461 e. The number of esters is 1. The Balaban J connectivity index is 2.46. The van der Waals surface area contributed by atoms with Crippen molar-refractivity contribution in [2.45, 2.75) is 32.1 Å². The number of likely N-dealkylation sites (N-methyl/N-ethyl adjacent to an activating group) is 1. The lowest BCUT2D eigenvalue weighted by Crippen LogP contribution is -2.27. The topological polar surface area (TPSA) is 29.5 Å². The quantitative estimate of drug-likeness (QED) is 0.513. The third-order valence-electron chi connectivity index (χ3n) is 3.08. The maximum absolute atomic E-state index is 12.0. The second-order valence-corrected chi connectivity index (χ2v) is 5.71. The molecule has 0 heterocycles. The van der Waals surface area contributed by atoms with Crippen LogP contribution in [0.5, 0.6) is 0 Å². The van der Waals surface area contributed by atoms with Gasteiger partial charge in [0.1, 0.15) is 6.61 Å². The first-order chi connectivity index (χ1) is 9.71. The van der Waals surface area contributed by atoms with Gasteiger partial charge in [-0.25, -0.2) is 4.79 Å². The zero-order valence-corrected chi connectivity index (χ0v) is 13.5. The van der Waals surface area contributed by atoms with Crippen molar-refractivity contribution in [1.29, 1.82) is 0 Å². The predicted molar refractivity (Wildman–Crippen MR) is 85.5 cm³/mol. The van der Waals surface area contributed by atoms with E-state index in [4.69, 9.17) is 4.74 Å². The van der Waals surface area contributed by atoms with Crippen LogP contribution >= 0.6 is 11.8 Å². The van der Waals surface area contributed by atoms with E-state index in [1.54, 1.807) is 11.8 Å². The molecular weight excluding hydrogens is 270 g/mol. The second kappa shape index (κ2) is 9.83. The first-order valence-electron chi connectivity index (χ1n) is 7.33. The molecule has 0 N–H and O–H groups in total. The van der Waals surface area contributed by atoms with Gasteiger partial charge in [0.2, 0.25) is 0 Å². The minimum absolute atomic E-state index is 0.226. The molecule has 1 rings (SSSR count). The van der Waals surface area contributed by atoms with Gasteiger partial charge in [-0.1, -0.05) is 26.8 Å². The number of benzene rings is 1. The SMILES string of the molecule is CCCSc1cccc(C(=O)OCCN(CC)CC)c1. The van der Waals surface area contributed by atoms with Crippen LogP contribution in [0.25, 0.3) is 0 Å². The Morgan fingerprint density at radius 2 is 2.00 bits per heavy atom. The minimum Gasteiger partial charge on any atom is -0.461 e. The highest BCUT2D eigenvalue weighted by molar-refractivity contribution is 7.99. The molecule has 4 heteroatoms. The fourth-order valence-electron chi connectivity index (χ4n) is 1.82. The molecule has 0 saturated heterocycles. The highest BCUT2D eigenvalue weighted by Crippen LogP contribution is 2.20. The zero-order chi connectivity index (χ0) is 14.8. The molecule has 0 saturated carbocycles. The van der Waals surface area contributed by atoms with E-state index in [1.165, 1.54) is 0 Å². The third-order valence-corrected chi connectivity index (χ3v) is 4.28. The Hall–Kier alpha value is -1.00. The van der Waals surface area contributed by atoms with E-state index in [0.29, 0.717) is 12.2 Å². The molecule has 0 amide bonds. The number of carbonyl (C=O) groups excluding carboxylic acids is 1. The van der Waals surface area contributed by atoms with Gasteiger partial charge in [0.15, 0.2) is 0 Å². The van der Waals surface area contributed by atoms with Crippen molar-refractivity contribution in [3.8, 4) is 0 Å². The smallest absolute Gasteiger partial charge is 0.338 e. The highest BCUT2D eigenvalue weighted by Gasteiger charge is 2.08. The summed E-state index contributed by atoms with van der Waals surface area (Å²) >= 11 is 1.77. The van der Waals surface area contributed by atoms with E-state index in [-0.39, 0.29) is 5.97 Å². The van der Waals surface area contributed by atoms with Crippen molar-refractivity contribution in [3.63, 3.8) is 0 Å². The molecule has 0 spiro atoms. The van der Waals surface area contributed by atoms with E-state index in [2.05, 4.69) is 25.7 Å². The summed E-state index contributed by atoms with van der Waals surface area (Å²) < 4.78 is 5.33. The summed E-state index contributed by atoms with van der Waals surface area (Å²) in [6.07, 6.45) is 1.13. The molecule has 3 nitrogen and oxygen atoms in total. The second-order valence-electron chi connectivity index (χ2n) is 4.54. The lowest BCUT2D eigenvalue weighted by Gasteiger charge is -2.17. The third kappa shape index (κ3) is 5.97. The molecule has 0 aliphatic rings. The number of nitrogens with zero attached hydrogens (tertiary/aromatic N) is 1. The van der Waals surface area contributed by atoms with Crippen LogP contribution in [0.3, 0.4) is 0 Å². The molecule has 1 aromatic rings. The van der Waals surface area contributed by atoms with Crippen LogP contribution in [0.4, 0.5) is 0 Å². The van der Waals surface area contributed by atoms with Gasteiger partial charge in [-0.3, -0.25) is 0 Å². The van der Waals surface area contributed by atoms with E-state index in [0.717, 1.165) is 36.7 Å². The van der Waals surface area contributed by atoms with Gasteiger partial charge >= 0.3 is 5.97 Å². The number of hydrogen-bond acceptors (Lipinski definition) is 4. The fraction of sp³-hybridized carbons (Fsp3) is 0.562. The van der Waals surface area contributed by atoms with Crippen molar-refractivity contribution in [3.05, 3.63) is 29.8 Å². The zero-order valence-electron chi connectivity index (χ0n) is 12.7. The average Bonchev–Trinajstić information content (AvgIpc) is 2.49. The van der Waals surface area contributed by atoms with Gasteiger partial charge in [0.25, 0.3) is 0 Å². The highest BCUT2D eigenvalue weighted by atomic mass is 32.2. The number of ether oxygens (including phenoxy) is 1. The molecule has 0 aliphatic carbocycles. The molecule has 0 bridgehead atoms. The summed E-state index contributed by atoms with van der Waals surface area (Å²) in [5.41, 5.74) is 0.644. The van der Waals surface area contributed by atoms with Gasteiger partial charge < -0.3 is 9.64 Å². The first kappa shape index (κ1) is 17.1. The molecule has 0 aromatic heterocycles. The van der Waals surface area contributed by atoms with Crippen molar-refractivity contribution >= 4 is 17.7 Å². The average molecular weight is 295 g/mol. The Labute approximate surface area is 126 Å². The number of rotatable bonds is 9. The lowest BCUT2D eigenvalue weighted by molar-refractivity contribution is 0.0466. The molecule has 0 radical (unpaired) electrons. The summed E-state index contributed by atoms with van der Waals surface area (Å²) in [7, 11) is 0. The molecule has 0 fully saturated rings. The maximum atomic E-state index is 12.0. The minimum atomic E-state index is -0.226. The normalized spacial score (nSPS) is 10.8. The molecule has 20 heavy (non-hydrogen) atoms. The van der Waals surface area contributed by atoms with E-state index in [1.807, 2.05) is 24.3 Å². The Bertz CT molecular complexity index is 405. The molecule has 0 atom stereocenters.